The van der Waals surface area contributed by atoms with Crippen molar-refractivity contribution >= 4 is 5.91 Å². The predicted molar refractivity (Wildman–Crippen MR) is 57.9 cm³/mol. The number of carbonyl (C=O) groups excluding carboxylic acids is 1. The third-order valence-electron chi connectivity index (χ3n) is 3.02. The summed E-state index contributed by atoms with van der Waals surface area (Å²) < 4.78 is 0. The molecule has 0 aromatic carbocycles. The summed E-state index contributed by atoms with van der Waals surface area (Å²) in [6.45, 7) is 2.46. The first-order valence-corrected chi connectivity index (χ1v) is 5.71. The highest BCUT2D eigenvalue weighted by molar-refractivity contribution is 5.76. The summed E-state index contributed by atoms with van der Waals surface area (Å²) in [7, 11) is 0. The number of nitrogens with two attached hydrogens (primary N) is 1. The molecular formula is C11H22N2O. The molecule has 1 amide bonds. The Hall–Kier alpha value is -0.570. The van der Waals surface area contributed by atoms with Crippen LogP contribution in [0.15, 0.2) is 0 Å². The molecule has 0 radical (unpaired) electrons. The molecule has 0 heterocycles. The molecule has 3 heteroatoms. The lowest BCUT2D eigenvalue weighted by Gasteiger charge is -2.12. The molecule has 1 rings (SSSR count). The van der Waals surface area contributed by atoms with Crippen molar-refractivity contribution in [3.63, 3.8) is 0 Å². The molecule has 3 nitrogen and oxygen atoms in total. The van der Waals surface area contributed by atoms with Crippen molar-refractivity contribution in [3.8, 4) is 0 Å². The molecule has 1 aliphatic rings. The number of carbonyl (C=O) groups is 1. The fourth-order valence-corrected chi connectivity index (χ4v) is 2.04. The minimum absolute atomic E-state index is 0.117. The van der Waals surface area contributed by atoms with Crippen LogP contribution < -0.4 is 11.1 Å². The molecule has 1 saturated carbocycles. The van der Waals surface area contributed by atoms with Crippen LogP contribution in [0.1, 0.15) is 45.4 Å². The van der Waals surface area contributed by atoms with Crippen molar-refractivity contribution in [2.45, 2.75) is 51.5 Å². The Morgan fingerprint density at radius 1 is 1.50 bits per heavy atom. The van der Waals surface area contributed by atoms with E-state index in [1.54, 1.807) is 0 Å². The van der Waals surface area contributed by atoms with E-state index in [4.69, 9.17) is 5.73 Å². The van der Waals surface area contributed by atoms with Crippen molar-refractivity contribution in [3.05, 3.63) is 0 Å². The van der Waals surface area contributed by atoms with Gasteiger partial charge >= 0.3 is 0 Å². The van der Waals surface area contributed by atoms with Crippen LogP contribution in [0.2, 0.25) is 0 Å². The van der Waals surface area contributed by atoms with Crippen LogP contribution in [0.25, 0.3) is 0 Å². The van der Waals surface area contributed by atoms with E-state index >= 15 is 0 Å². The molecule has 0 aromatic rings. The summed E-state index contributed by atoms with van der Waals surface area (Å²) in [5, 5.41) is 2.89. The van der Waals surface area contributed by atoms with Crippen molar-refractivity contribution in [2.24, 2.45) is 11.7 Å². The molecule has 14 heavy (non-hydrogen) atoms. The third kappa shape index (κ3) is 4.09. The summed E-state index contributed by atoms with van der Waals surface area (Å²) in [6.07, 6.45) is 7.08. The lowest BCUT2D eigenvalue weighted by molar-refractivity contribution is -0.121. The van der Waals surface area contributed by atoms with Crippen LogP contribution in [-0.4, -0.2) is 18.5 Å². The first kappa shape index (κ1) is 11.5. The Morgan fingerprint density at radius 3 is 2.71 bits per heavy atom. The standard InChI is InChI=1S/C11H22N2O/c1-9(8-12)13-11(14)7-6-10-4-2-3-5-10/h9-10H,2-8,12H2,1H3,(H,13,14). The second-order valence-electron chi connectivity index (χ2n) is 4.39. The van der Waals surface area contributed by atoms with Crippen LogP contribution in [0.3, 0.4) is 0 Å². The third-order valence-corrected chi connectivity index (χ3v) is 3.02. The van der Waals surface area contributed by atoms with Gasteiger partial charge in [-0.1, -0.05) is 25.7 Å². The van der Waals surface area contributed by atoms with E-state index < -0.39 is 0 Å². The maximum Gasteiger partial charge on any atom is 0.220 e. The summed E-state index contributed by atoms with van der Waals surface area (Å²) >= 11 is 0. The zero-order chi connectivity index (χ0) is 10.4. The van der Waals surface area contributed by atoms with Gasteiger partial charge in [-0.25, -0.2) is 0 Å². The van der Waals surface area contributed by atoms with Crippen LogP contribution in [0.4, 0.5) is 0 Å². The smallest absolute Gasteiger partial charge is 0.220 e. The largest absolute Gasteiger partial charge is 0.352 e. The molecule has 3 N–H and O–H groups in total. The number of hydrogen-bond acceptors (Lipinski definition) is 2. The normalized spacial score (nSPS) is 19.6. The lowest BCUT2D eigenvalue weighted by atomic mass is 10.0. The molecule has 0 spiro atoms. The van der Waals surface area contributed by atoms with Gasteiger partial charge in [-0.15, -0.1) is 0 Å². The maximum atomic E-state index is 11.4. The summed E-state index contributed by atoms with van der Waals surface area (Å²) in [6, 6.07) is 0.117. The van der Waals surface area contributed by atoms with Crippen molar-refractivity contribution in [1.29, 1.82) is 0 Å². The second kappa shape index (κ2) is 6.02. The van der Waals surface area contributed by atoms with E-state index in [2.05, 4.69) is 5.32 Å². The molecule has 0 saturated heterocycles. The molecule has 0 aliphatic heterocycles. The van der Waals surface area contributed by atoms with Crippen LogP contribution in [0.5, 0.6) is 0 Å². The number of nitrogens with one attached hydrogen (secondary N) is 1. The predicted octanol–water partition coefficient (Wildman–Crippen LogP) is 1.42. The van der Waals surface area contributed by atoms with Crippen LogP contribution in [0, 0.1) is 5.92 Å². The van der Waals surface area contributed by atoms with Gasteiger partial charge in [-0.2, -0.15) is 0 Å². The molecule has 1 fully saturated rings. The van der Waals surface area contributed by atoms with E-state index in [1.807, 2.05) is 6.92 Å². The lowest BCUT2D eigenvalue weighted by Crippen LogP contribution is -2.37. The summed E-state index contributed by atoms with van der Waals surface area (Å²) in [5.41, 5.74) is 5.42. The zero-order valence-corrected chi connectivity index (χ0v) is 9.09. The van der Waals surface area contributed by atoms with Gasteiger partial charge in [0.25, 0.3) is 0 Å². The summed E-state index contributed by atoms with van der Waals surface area (Å²) in [4.78, 5) is 11.4. The highest BCUT2D eigenvalue weighted by Gasteiger charge is 2.16. The van der Waals surface area contributed by atoms with Crippen molar-refractivity contribution in [1.82, 2.24) is 5.32 Å². The van der Waals surface area contributed by atoms with E-state index in [0.717, 1.165) is 12.3 Å². The quantitative estimate of drug-likeness (QED) is 0.702. The van der Waals surface area contributed by atoms with Crippen molar-refractivity contribution in [2.75, 3.05) is 6.54 Å². The van der Waals surface area contributed by atoms with Gasteiger partial charge in [0, 0.05) is 19.0 Å². The van der Waals surface area contributed by atoms with E-state index in [9.17, 15) is 4.79 Å². The molecule has 0 bridgehead atoms. The van der Waals surface area contributed by atoms with Crippen molar-refractivity contribution < 1.29 is 4.79 Å². The molecule has 1 unspecified atom stereocenters. The Labute approximate surface area is 86.4 Å². The molecule has 1 aliphatic carbocycles. The first-order chi connectivity index (χ1) is 6.72. The Kier molecular flexibility index (Phi) is 4.94. The number of amides is 1. The van der Waals surface area contributed by atoms with Gasteiger partial charge < -0.3 is 11.1 Å². The highest BCUT2D eigenvalue weighted by Crippen LogP contribution is 2.28. The average molecular weight is 198 g/mol. The minimum atomic E-state index is 0.117. The number of hydrogen-bond donors (Lipinski definition) is 2. The van der Waals surface area contributed by atoms with E-state index in [-0.39, 0.29) is 11.9 Å². The van der Waals surface area contributed by atoms with Gasteiger partial charge in [0.15, 0.2) is 0 Å². The topological polar surface area (TPSA) is 55.1 Å². The van der Waals surface area contributed by atoms with Crippen LogP contribution >= 0.6 is 0 Å². The minimum Gasteiger partial charge on any atom is -0.352 e. The first-order valence-electron chi connectivity index (χ1n) is 5.71. The van der Waals surface area contributed by atoms with Gasteiger partial charge in [-0.3, -0.25) is 4.79 Å². The fraction of sp³-hybridized carbons (Fsp3) is 0.909. The van der Waals surface area contributed by atoms with Gasteiger partial charge in [0.05, 0.1) is 0 Å². The van der Waals surface area contributed by atoms with E-state index in [1.165, 1.54) is 25.7 Å². The van der Waals surface area contributed by atoms with Gasteiger partial charge in [-0.05, 0) is 19.3 Å². The van der Waals surface area contributed by atoms with E-state index in [0.29, 0.717) is 13.0 Å². The molecule has 82 valence electrons. The zero-order valence-electron chi connectivity index (χ0n) is 9.09. The molecule has 0 aromatic heterocycles. The molecule has 1 atom stereocenters. The Balaban J connectivity index is 2.08. The van der Waals surface area contributed by atoms with Gasteiger partial charge in [0.1, 0.15) is 0 Å². The monoisotopic (exact) mass is 198 g/mol. The Morgan fingerprint density at radius 2 is 2.14 bits per heavy atom. The van der Waals surface area contributed by atoms with Gasteiger partial charge in [0.2, 0.25) is 5.91 Å². The second-order valence-corrected chi connectivity index (χ2v) is 4.39. The maximum absolute atomic E-state index is 11.4. The highest BCUT2D eigenvalue weighted by atomic mass is 16.1. The Bertz CT molecular complexity index is 176. The van der Waals surface area contributed by atoms with Crippen LogP contribution in [-0.2, 0) is 4.79 Å². The fourth-order valence-electron chi connectivity index (χ4n) is 2.04. The SMILES string of the molecule is CC(CN)NC(=O)CCC1CCCC1. The average Bonchev–Trinajstić information content (AvgIpc) is 2.67. The summed E-state index contributed by atoms with van der Waals surface area (Å²) in [5.74, 6) is 0.962. The molecular weight excluding hydrogens is 176 g/mol. The number of rotatable bonds is 5.